The molecule has 8 nitrogen and oxygen atoms in total. The second kappa shape index (κ2) is 5.80. The molecule has 1 heterocycles. The minimum absolute atomic E-state index is 0.0302. The van der Waals surface area contributed by atoms with Crippen LogP contribution in [0.15, 0.2) is 18.2 Å². The molecule has 0 spiro atoms. The van der Waals surface area contributed by atoms with Crippen molar-refractivity contribution in [1.82, 2.24) is 15.2 Å². The fourth-order valence-electron chi connectivity index (χ4n) is 1.53. The number of carbonyl (C=O) groups is 1. The van der Waals surface area contributed by atoms with Gasteiger partial charge >= 0.3 is 0 Å². The van der Waals surface area contributed by atoms with Crippen LogP contribution in [0.2, 0.25) is 5.02 Å². The Morgan fingerprint density at radius 1 is 1.29 bits per heavy atom. The topological polar surface area (TPSA) is 111 Å². The second-order valence-corrected chi connectivity index (χ2v) is 4.62. The van der Waals surface area contributed by atoms with E-state index in [-0.39, 0.29) is 22.2 Å². The summed E-state index contributed by atoms with van der Waals surface area (Å²) in [7, 11) is 0. The first-order valence-electron chi connectivity index (χ1n) is 5.81. The van der Waals surface area contributed by atoms with Crippen LogP contribution in [-0.2, 0) is 0 Å². The molecule has 0 aliphatic heterocycles. The van der Waals surface area contributed by atoms with Gasteiger partial charge < -0.3 is 0 Å². The van der Waals surface area contributed by atoms with Gasteiger partial charge in [-0.05, 0) is 26.0 Å². The van der Waals surface area contributed by atoms with Crippen LogP contribution in [-0.4, -0.2) is 26.0 Å². The molecule has 21 heavy (non-hydrogen) atoms. The number of aryl methyl sites for hydroxylation is 2. The van der Waals surface area contributed by atoms with E-state index in [0.29, 0.717) is 11.4 Å². The third-order valence-corrected chi connectivity index (χ3v) is 2.95. The van der Waals surface area contributed by atoms with Gasteiger partial charge in [-0.3, -0.25) is 20.2 Å². The molecule has 9 heteroatoms. The summed E-state index contributed by atoms with van der Waals surface area (Å²) in [5.41, 5.74) is 0.700. The zero-order valence-corrected chi connectivity index (χ0v) is 11.9. The van der Waals surface area contributed by atoms with Gasteiger partial charge in [-0.1, -0.05) is 11.6 Å². The van der Waals surface area contributed by atoms with E-state index in [4.69, 9.17) is 11.6 Å². The van der Waals surface area contributed by atoms with Crippen molar-refractivity contribution in [3.8, 4) is 0 Å². The van der Waals surface area contributed by atoms with Crippen molar-refractivity contribution in [2.24, 2.45) is 0 Å². The van der Waals surface area contributed by atoms with Crippen LogP contribution in [0.1, 0.15) is 21.7 Å². The number of carbonyl (C=O) groups excluding carboxylic acids is 1. The number of nitro groups is 1. The lowest BCUT2D eigenvalue weighted by Crippen LogP contribution is -2.17. The van der Waals surface area contributed by atoms with E-state index in [2.05, 4.69) is 20.5 Å². The summed E-state index contributed by atoms with van der Waals surface area (Å²) in [5, 5.41) is 21.0. The Kier molecular flexibility index (Phi) is 4.08. The number of nitrogens with one attached hydrogen (secondary N) is 1. The van der Waals surface area contributed by atoms with Crippen LogP contribution >= 0.6 is 11.6 Å². The Balaban J connectivity index is 2.34. The molecule has 1 aromatic carbocycles. The molecule has 0 saturated heterocycles. The predicted octanol–water partition coefficient (Wildman–Crippen LogP) is 2.30. The molecule has 0 radical (unpaired) electrons. The number of hydrogen-bond acceptors (Lipinski definition) is 6. The van der Waals surface area contributed by atoms with E-state index < -0.39 is 10.8 Å². The molecule has 108 valence electrons. The van der Waals surface area contributed by atoms with Gasteiger partial charge in [0.1, 0.15) is 5.56 Å². The molecular formula is C12H10ClN5O3. The maximum Gasteiger partial charge on any atom is 0.282 e. The quantitative estimate of drug-likeness (QED) is 0.688. The second-order valence-electron chi connectivity index (χ2n) is 4.18. The number of anilines is 1. The molecule has 0 unspecified atom stereocenters. The highest BCUT2D eigenvalue weighted by molar-refractivity contribution is 6.31. The Morgan fingerprint density at radius 3 is 2.62 bits per heavy atom. The summed E-state index contributed by atoms with van der Waals surface area (Å²) in [6.45, 7) is 3.43. The number of aromatic nitrogens is 3. The molecule has 2 rings (SSSR count). The Morgan fingerprint density at radius 2 is 2.00 bits per heavy atom. The van der Waals surface area contributed by atoms with Crippen molar-refractivity contribution in [3.63, 3.8) is 0 Å². The van der Waals surface area contributed by atoms with Gasteiger partial charge in [-0.2, -0.15) is 5.10 Å². The highest BCUT2D eigenvalue weighted by Gasteiger charge is 2.21. The van der Waals surface area contributed by atoms with Crippen LogP contribution in [0.5, 0.6) is 0 Å². The van der Waals surface area contributed by atoms with E-state index >= 15 is 0 Å². The maximum absolute atomic E-state index is 12.1. The minimum Gasteiger partial charge on any atom is -0.289 e. The van der Waals surface area contributed by atoms with Gasteiger partial charge in [0.25, 0.3) is 11.6 Å². The lowest BCUT2D eigenvalue weighted by Gasteiger charge is -2.05. The van der Waals surface area contributed by atoms with Crippen LogP contribution < -0.4 is 5.32 Å². The summed E-state index contributed by atoms with van der Waals surface area (Å²) >= 11 is 5.77. The van der Waals surface area contributed by atoms with Crippen molar-refractivity contribution >= 4 is 29.1 Å². The molecule has 1 N–H and O–H groups in total. The molecular weight excluding hydrogens is 298 g/mol. The standard InChI is InChI=1S/C12H10ClN5O3/c1-6-7(2)16-17-12(14-6)15-11(19)9-5-8(13)3-4-10(9)18(20)21/h3-5H,1-2H3,(H,14,15,17,19). The normalized spacial score (nSPS) is 10.2. The number of nitro benzene ring substituents is 1. The summed E-state index contributed by atoms with van der Waals surface area (Å²) in [6.07, 6.45) is 0. The average molecular weight is 308 g/mol. The summed E-state index contributed by atoms with van der Waals surface area (Å²) < 4.78 is 0. The first-order valence-corrected chi connectivity index (χ1v) is 6.19. The summed E-state index contributed by atoms with van der Waals surface area (Å²) in [4.78, 5) is 26.4. The first kappa shape index (κ1) is 14.8. The van der Waals surface area contributed by atoms with Crippen LogP contribution in [0.25, 0.3) is 0 Å². The van der Waals surface area contributed by atoms with Crippen molar-refractivity contribution in [2.45, 2.75) is 13.8 Å². The van der Waals surface area contributed by atoms with E-state index in [1.807, 2.05) is 0 Å². The number of nitrogens with zero attached hydrogens (tertiary/aromatic N) is 4. The van der Waals surface area contributed by atoms with Crippen LogP contribution in [0, 0.1) is 24.0 Å². The predicted molar refractivity (Wildman–Crippen MR) is 75.4 cm³/mol. The third kappa shape index (κ3) is 3.29. The summed E-state index contributed by atoms with van der Waals surface area (Å²) in [5.74, 6) is -0.758. The first-order chi connectivity index (χ1) is 9.88. The van der Waals surface area contributed by atoms with E-state index in [9.17, 15) is 14.9 Å². The molecule has 2 aromatic rings. The van der Waals surface area contributed by atoms with Gasteiger partial charge in [0.05, 0.1) is 16.3 Å². The molecule has 0 aliphatic carbocycles. The number of hydrogen-bond donors (Lipinski definition) is 1. The third-order valence-electron chi connectivity index (χ3n) is 2.72. The zero-order valence-electron chi connectivity index (χ0n) is 11.1. The number of halogens is 1. The summed E-state index contributed by atoms with van der Waals surface area (Å²) in [6, 6.07) is 3.71. The Hall–Kier alpha value is -2.61. The van der Waals surface area contributed by atoms with Crippen molar-refractivity contribution in [3.05, 3.63) is 50.3 Å². The van der Waals surface area contributed by atoms with Crippen molar-refractivity contribution < 1.29 is 9.72 Å². The SMILES string of the molecule is Cc1nnc(NC(=O)c2cc(Cl)ccc2[N+](=O)[O-])nc1C. The molecule has 0 saturated carbocycles. The van der Waals surface area contributed by atoms with E-state index in [1.165, 1.54) is 12.1 Å². The Bertz CT molecular complexity index is 735. The highest BCUT2D eigenvalue weighted by Crippen LogP contribution is 2.23. The number of benzene rings is 1. The van der Waals surface area contributed by atoms with E-state index in [1.54, 1.807) is 13.8 Å². The lowest BCUT2D eigenvalue weighted by molar-refractivity contribution is -0.385. The van der Waals surface area contributed by atoms with Crippen molar-refractivity contribution in [1.29, 1.82) is 0 Å². The molecule has 0 fully saturated rings. The monoisotopic (exact) mass is 307 g/mol. The number of rotatable bonds is 3. The Labute approximate surface area is 124 Å². The van der Waals surface area contributed by atoms with Gasteiger partial charge in [-0.25, -0.2) is 4.98 Å². The molecule has 0 bridgehead atoms. The van der Waals surface area contributed by atoms with Crippen LogP contribution in [0.3, 0.4) is 0 Å². The molecule has 1 amide bonds. The molecule has 0 aliphatic rings. The van der Waals surface area contributed by atoms with Gasteiger partial charge in [0, 0.05) is 11.1 Å². The van der Waals surface area contributed by atoms with Gasteiger partial charge in [0.15, 0.2) is 0 Å². The van der Waals surface area contributed by atoms with E-state index in [0.717, 1.165) is 6.07 Å². The minimum atomic E-state index is -0.728. The molecule has 1 aromatic heterocycles. The molecule has 0 atom stereocenters. The van der Waals surface area contributed by atoms with Crippen molar-refractivity contribution in [2.75, 3.05) is 5.32 Å². The van der Waals surface area contributed by atoms with Gasteiger partial charge in [0.2, 0.25) is 5.95 Å². The average Bonchev–Trinajstić information content (AvgIpc) is 2.42. The van der Waals surface area contributed by atoms with Gasteiger partial charge in [-0.15, -0.1) is 5.10 Å². The highest BCUT2D eigenvalue weighted by atomic mass is 35.5. The van der Waals surface area contributed by atoms with Crippen LogP contribution in [0.4, 0.5) is 11.6 Å². The fourth-order valence-corrected chi connectivity index (χ4v) is 1.70. The smallest absolute Gasteiger partial charge is 0.282 e. The lowest BCUT2D eigenvalue weighted by atomic mass is 10.1. The maximum atomic E-state index is 12.1. The zero-order chi connectivity index (χ0) is 15.6. The number of amides is 1. The largest absolute Gasteiger partial charge is 0.289 e. The fraction of sp³-hybridized carbons (Fsp3) is 0.167.